The van der Waals surface area contributed by atoms with Gasteiger partial charge in [0.2, 0.25) is 0 Å². The maximum atomic E-state index is 14.2. The Kier molecular flexibility index (Phi) is 4.98. The summed E-state index contributed by atoms with van der Waals surface area (Å²) >= 11 is 0. The van der Waals surface area contributed by atoms with Crippen LogP contribution in [0.4, 0.5) is 4.39 Å². The minimum atomic E-state index is -0.331. The van der Waals surface area contributed by atoms with E-state index in [0.29, 0.717) is 16.8 Å². The lowest BCUT2D eigenvalue weighted by Gasteiger charge is -2.05. The highest BCUT2D eigenvalue weighted by atomic mass is 19.1. The van der Waals surface area contributed by atoms with Crippen LogP contribution >= 0.6 is 0 Å². The minimum absolute atomic E-state index is 0.331. The van der Waals surface area contributed by atoms with Crippen LogP contribution in [0, 0.1) is 17.7 Å². The Bertz CT molecular complexity index is 892. The van der Waals surface area contributed by atoms with Crippen LogP contribution < -0.4 is 0 Å². The maximum Gasteiger partial charge on any atom is 0.139 e. The molecule has 2 aromatic carbocycles. The summed E-state index contributed by atoms with van der Waals surface area (Å²) < 4.78 is 14.2. The highest BCUT2D eigenvalue weighted by Crippen LogP contribution is 2.23. The summed E-state index contributed by atoms with van der Waals surface area (Å²) in [6.07, 6.45) is 5.09. The molecule has 0 fully saturated rings. The second kappa shape index (κ2) is 7.52. The van der Waals surface area contributed by atoms with Crippen LogP contribution in [0.5, 0.6) is 0 Å². The predicted molar refractivity (Wildman–Crippen MR) is 94.6 cm³/mol. The van der Waals surface area contributed by atoms with E-state index >= 15 is 0 Å². The van der Waals surface area contributed by atoms with Gasteiger partial charge in [0.05, 0.1) is 29.3 Å². The second-order valence-electron chi connectivity index (χ2n) is 5.40. The molecule has 3 heteroatoms. The van der Waals surface area contributed by atoms with Crippen molar-refractivity contribution in [2.24, 2.45) is 0 Å². The monoisotopic (exact) mass is 316 g/mol. The van der Waals surface area contributed by atoms with Crippen LogP contribution in [-0.4, -0.2) is 9.97 Å². The molecule has 0 amide bonds. The van der Waals surface area contributed by atoms with Gasteiger partial charge in [-0.05, 0) is 18.6 Å². The van der Waals surface area contributed by atoms with E-state index in [-0.39, 0.29) is 5.82 Å². The maximum absolute atomic E-state index is 14.2. The average molecular weight is 316 g/mol. The molecule has 0 atom stereocenters. The Morgan fingerprint density at radius 2 is 1.71 bits per heavy atom. The Balaban J connectivity index is 1.93. The van der Waals surface area contributed by atoms with Crippen molar-refractivity contribution in [3.63, 3.8) is 0 Å². The van der Waals surface area contributed by atoms with Crippen molar-refractivity contribution in [3.8, 4) is 34.4 Å². The molecule has 0 aliphatic carbocycles. The molecule has 0 radical (unpaired) electrons. The molecule has 0 bridgehead atoms. The van der Waals surface area contributed by atoms with Crippen molar-refractivity contribution in [1.82, 2.24) is 9.97 Å². The number of aromatic nitrogens is 2. The fourth-order valence-corrected chi connectivity index (χ4v) is 2.31. The minimum Gasteiger partial charge on any atom is -0.260 e. The summed E-state index contributed by atoms with van der Waals surface area (Å²) in [5, 5.41) is 0. The standard InChI is InChI=1S/C21H17FN2/c1-2-3-5-8-16-11-12-18(13-19(16)22)21-15-23-14-20(24-21)17-9-6-4-7-10-17/h4,6-7,9-15H,2-3H2,1H3. The zero-order chi connectivity index (χ0) is 16.8. The van der Waals surface area contributed by atoms with Crippen molar-refractivity contribution < 1.29 is 4.39 Å². The van der Waals surface area contributed by atoms with Gasteiger partial charge in [-0.1, -0.05) is 55.2 Å². The Morgan fingerprint density at radius 1 is 0.958 bits per heavy atom. The van der Waals surface area contributed by atoms with Crippen molar-refractivity contribution >= 4 is 0 Å². The van der Waals surface area contributed by atoms with Crippen LogP contribution in [0.15, 0.2) is 60.9 Å². The van der Waals surface area contributed by atoms with Crippen molar-refractivity contribution in [2.75, 3.05) is 0 Å². The highest BCUT2D eigenvalue weighted by molar-refractivity contribution is 5.65. The van der Waals surface area contributed by atoms with Crippen LogP contribution in [0.3, 0.4) is 0 Å². The van der Waals surface area contributed by atoms with Crippen LogP contribution in [0.1, 0.15) is 25.3 Å². The van der Waals surface area contributed by atoms with Gasteiger partial charge in [0.25, 0.3) is 0 Å². The number of unbranched alkanes of at least 4 members (excludes halogenated alkanes) is 1. The molecule has 3 rings (SSSR count). The zero-order valence-corrected chi connectivity index (χ0v) is 13.5. The molecule has 0 N–H and O–H groups in total. The van der Waals surface area contributed by atoms with Crippen LogP contribution in [-0.2, 0) is 0 Å². The summed E-state index contributed by atoms with van der Waals surface area (Å²) in [5.74, 6) is 5.50. The number of hydrogen-bond acceptors (Lipinski definition) is 2. The van der Waals surface area contributed by atoms with E-state index in [0.717, 1.165) is 24.1 Å². The van der Waals surface area contributed by atoms with E-state index in [9.17, 15) is 4.39 Å². The van der Waals surface area contributed by atoms with Gasteiger partial charge in [-0.2, -0.15) is 0 Å². The lowest BCUT2D eigenvalue weighted by atomic mass is 10.1. The van der Waals surface area contributed by atoms with Crippen LogP contribution in [0.2, 0.25) is 0 Å². The number of hydrogen-bond donors (Lipinski definition) is 0. The molecule has 0 saturated carbocycles. The second-order valence-corrected chi connectivity index (χ2v) is 5.40. The molecule has 1 aromatic heterocycles. The molecular formula is C21H17FN2. The Hall–Kier alpha value is -2.99. The fourth-order valence-electron chi connectivity index (χ4n) is 2.31. The van der Waals surface area contributed by atoms with Gasteiger partial charge in [0.1, 0.15) is 5.82 Å². The smallest absolute Gasteiger partial charge is 0.139 e. The van der Waals surface area contributed by atoms with Crippen molar-refractivity contribution in [1.29, 1.82) is 0 Å². The molecule has 2 nitrogen and oxygen atoms in total. The lowest BCUT2D eigenvalue weighted by Crippen LogP contribution is -1.92. The lowest BCUT2D eigenvalue weighted by molar-refractivity contribution is 0.625. The van der Waals surface area contributed by atoms with Gasteiger partial charge in [0, 0.05) is 17.5 Å². The summed E-state index contributed by atoms with van der Waals surface area (Å²) in [4.78, 5) is 8.83. The SMILES string of the molecule is CCCC#Cc1ccc(-c2cncc(-c3ccccc3)n2)cc1F. The topological polar surface area (TPSA) is 25.8 Å². The number of benzene rings is 2. The number of nitrogens with zero attached hydrogens (tertiary/aromatic N) is 2. The third kappa shape index (κ3) is 3.67. The van der Waals surface area contributed by atoms with E-state index < -0.39 is 0 Å². The van der Waals surface area contributed by atoms with Crippen molar-refractivity contribution in [2.45, 2.75) is 19.8 Å². The van der Waals surface area contributed by atoms with Gasteiger partial charge in [-0.3, -0.25) is 4.98 Å². The molecule has 0 aliphatic heterocycles. The first-order valence-electron chi connectivity index (χ1n) is 7.94. The number of halogens is 1. The quantitative estimate of drug-likeness (QED) is 0.628. The molecule has 0 unspecified atom stereocenters. The first kappa shape index (κ1) is 15.9. The summed E-state index contributed by atoms with van der Waals surface area (Å²) in [6, 6.07) is 14.8. The Morgan fingerprint density at radius 3 is 2.42 bits per heavy atom. The van der Waals surface area contributed by atoms with E-state index in [2.05, 4.69) is 21.8 Å². The zero-order valence-electron chi connectivity index (χ0n) is 13.5. The molecule has 1 heterocycles. The van der Waals surface area contributed by atoms with E-state index in [4.69, 9.17) is 0 Å². The van der Waals surface area contributed by atoms with Gasteiger partial charge >= 0.3 is 0 Å². The van der Waals surface area contributed by atoms with Crippen LogP contribution in [0.25, 0.3) is 22.5 Å². The summed E-state index contributed by atoms with van der Waals surface area (Å²) in [5.41, 5.74) is 3.50. The molecule has 0 saturated heterocycles. The highest BCUT2D eigenvalue weighted by Gasteiger charge is 2.07. The normalized spacial score (nSPS) is 10.1. The number of rotatable bonds is 3. The summed E-state index contributed by atoms with van der Waals surface area (Å²) in [6.45, 7) is 2.05. The average Bonchev–Trinajstić information content (AvgIpc) is 2.64. The largest absolute Gasteiger partial charge is 0.260 e. The molecule has 24 heavy (non-hydrogen) atoms. The van der Waals surface area contributed by atoms with Crippen molar-refractivity contribution in [3.05, 3.63) is 72.3 Å². The third-order valence-electron chi connectivity index (χ3n) is 3.57. The third-order valence-corrected chi connectivity index (χ3v) is 3.57. The van der Waals surface area contributed by atoms with Gasteiger partial charge in [-0.25, -0.2) is 9.37 Å². The molecule has 0 spiro atoms. The molecule has 0 aliphatic rings. The molecular weight excluding hydrogens is 299 g/mol. The van der Waals surface area contributed by atoms with Gasteiger partial charge in [0.15, 0.2) is 0 Å². The predicted octanol–water partition coefficient (Wildman–Crippen LogP) is 5.10. The summed E-state index contributed by atoms with van der Waals surface area (Å²) in [7, 11) is 0. The first-order valence-corrected chi connectivity index (χ1v) is 7.94. The first-order chi connectivity index (χ1) is 11.8. The molecule has 118 valence electrons. The van der Waals surface area contributed by atoms with Gasteiger partial charge in [-0.15, -0.1) is 0 Å². The van der Waals surface area contributed by atoms with E-state index in [1.807, 2.05) is 43.3 Å². The molecule has 3 aromatic rings. The fraction of sp³-hybridized carbons (Fsp3) is 0.143. The van der Waals surface area contributed by atoms with E-state index in [1.54, 1.807) is 18.5 Å². The van der Waals surface area contributed by atoms with E-state index in [1.165, 1.54) is 6.07 Å². The van der Waals surface area contributed by atoms with Gasteiger partial charge < -0.3 is 0 Å². The Labute approximate surface area is 141 Å².